The molecule has 0 atom stereocenters. The first kappa shape index (κ1) is 19.8. The van der Waals surface area contributed by atoms with E-state index in [-0.39, 0.29) is 0 Å². The van der Waals surface area contributed by atoms with Crippen molar-refractivity contribution < 1.29 is 4.74 Å². The molecule has 3 rings (SSSR count). The van der Waals surface area contributed by atoms with Crippen LogP contribution in [-0.4, -0.2) is 6.61 Å². The summed E-state index contributed by atoms with van der Waals surface area (Å²) in [5.74, 6) is 5.67. The standard InChI is InChI=1S/C25H40O/c1-19(2)18-26-25-16-10-22(11-17-25)7-6-21-8-14-24(15-9-21)23-12-4-20(3)5-13-23/h10-11,16-17,19-21,23-24H,4-9,12-15,18H2,1-3H3. The van der Waals surface area contributed by atoms with Crippen LogP contribution in [0.25, 0.3) is 0 Å². The van der Waals surface area contributed by atoms with Gasteiger partial charge in [0, 0.05) is 0 Å². The zero-order valence-corrected chi connectivity index (χ0v) is 17.4. The van der Waals surface area contributed by atoms with E-state index in [0.717, 1.165) is 36.0 Å². The molecule has 0 N–H and O–H groups in total. The van der Waals surface area contributed by atoms with Crippen LogP contribution in [0.3, 0.4) is 0 Å². The maximum atomic E-state index is 5.79. The number of ether oxygens (including phenoxy) is 1. The van der Waals surface area contributed by atoms with Crippen molar-refractivity contribution in [3.8, 4) is 5.75 Å². The van der Waals surface area contributed by atoms with Gasteiger partial charge >= 0.3 is 0 Å². The van der Waals surface area contributed by atoms with Crippen LogP contribution in [0.5, 0.6) is 5.75 Å². The summed E-state index contributed by atoms with van der Waals surface area (Å²) >= 11 is 0. The lowest BCUT2D eigenvalue weighted by Gasteiger charge is -2.37. The summed E-state index contributed by atoms with van der Waals surface area (Å²) in [5.41, 5.74) is 1.48. The number of hydrogen-bond acceptors (Lipinski definition) is 1. The molecule has 0 bridgehead atoms. The lowest BCUT2D eigenvalue weighted by Crippen LogP contribution is -2.25. The van der Waals surface area contributed by atoms with Gasteiger partial charge in [-0.25, -0.2) is 0 Å². The van der Waals surface area contributed by atoms with Crippen LogP contribution in [0.2, 0.25) is 0 Å². The summed E-state index contributed by atoms with van der Waals surface area (Å²) in [7, 11) is 0. The second kappa shape index (κ2) is 9.81. The molecular formula is C25H40O. The van der Waals surface area contributed by atoms with Crippen LogP contribution in [0.4, 0.5) is 0 Å². The van der Waals surface area contributed by atoms with Crippen molar-refractivity contribution in [3.63, 3.8) is 0 Å². The van der Waals surface area contributed by atoms with Crippen LogP contribution in [0, 0.1) is 29.6 Å². The molecule has 0 amide bonds. The van der Waals surface area contributed by atoms with E-state index in [4.69, 9.17) is 4.74 Å². The Bertz CT molecular complexity index is 501. The fourth-order valence-corrected chi connectivity index (χ4v) is 5.09. The summed E-state index contributed by atoms with van der Waals surface area (Å²) in [6.07, 6.45) is 14.6. The van der Waals surface area contributed by atoms with Gasteiger partial charge in [-0.15, -0.1) is 0 Å². The molecule has 0 radical (unpaired) electrons. The average Bonchev–Trinajstić information content (AvgIpc) is 2.66. The largest absolute Gasteiger partial charge is 0.493 e. The average molecular weight is 357 g/mol. The van der Waals surface area contributed by atoms with Gasteiger partial charge in [-0.05, 0) is 85.8 Å². The summed E-state index contributed by atoms with van der Waals surface area (Å²) in [5, 5.41) is 0. The molecular weight excluding hydrogens is 316 g/mol. The fraction of sp³-hybridized carbons (Fsp3) is 0.760. The third-order valence-corrected chi connectivity index (χ3v) is 6.97. The van der Waals surface area contributed by atoms with E-state index in [1.165, 1.54) is 69.8 Å². The van der Waals surface area contributed by atoms with Gasteiger partial charge in [-0.1, -0.05) is 58.6 Å². The first-order valence-corrected chi connectivity index (χ1v) is 11.3. The van der Waals surface area contributed by atoms with Gasteiger partial charge in [0.25, 0.3) is 0 Å². The van der Waals surface area contributed by atoms with Crippen LogP contribution in [-0.2, 0) is 6.42 Å². The minimum absolute atomic E-state index is 0.585. The molecule has 1 aromatic carbocycles. The van der Waals surface area contributed by atoms with Crippen molar-refractivity contribution in [3.05, 3.63) is 29.8 Å². The Kier molecular flexibility index (Phi) is 7.46. The Morgan fingerprint density at radius 1 is 0.846 bits per heavy atom. The molecule has 0 spiro atoms. The first-order valence-electron chi connectivity index (χ1n) is 11.3. The molecule has 2 saturated carbocycles. The molecule has 0 aliphatic heterocycles. The minimum Gasteiger partial charge on any atom is -0.493 e. The highest BCUT2D eigenvalue weighted by Crippen LogP contribution is 2.42. The molecule has 146 valence electrons. The molecule has 0 unspecified atom stereocenters. The maximum absolute atomic E-state index is 5.79. The summed E-state index contributed by atoms with van der Waals surface area (Å²) in [4.78, 5) is 0. The van der Waals surface area contributed by atoms with Crippen LogP contribution in [0.15, 0.2) is 24.3 Å². The second-order valence-corrected chi connectivity index (χ2v) is 9.69. The quantitative estimate of drug-likeness (QED) is 0.498. The van der Waals surface area contributed by atoms with Gasteiger partial charge in [-0.3, -0.25) is 0 Å². The third kappa shape index (κ3) is 6.03. The number of benzene rings is 1. The Morgan fingerprint density at radius 3 is 2.00 bits per heavy atom. The van der Waals surface area contributed by atoms with Gasteiger partial charge < -0.3 is 4.74 Å². The van der Waals surface area contributed by atoms with E-state index in [9.17, 15) is 0 Å². The van der Waals surface area contributed by atoms with E-state index >= 15 is 0 Å². The van der Waals surface area contributed by atoms with Crippen molar-refractivity contribution in [1.82, 2.24) is 0 Å². The number of hydrogen-bond donors (Lipinski definition) is 0. The molecule has 0 saturated heterocycles. The SMILES string of the molecule is CC(C)COc1ccc(CCC2CCC(C3CCC(C)CC3)CC2)cc1. The van der Waals surface area contributed by atoms with Crippen molar-refractivity contribution in [2.75, 3.05) is 6.61 Å². The third-order valence-electron chi connectivity index (χ3n) is 6.97. The Balaban J connectivity index is 1.36. The van der Waals surface area contributed by atoms with Crippen molar-refractivity contribution in [2.24, 2.45) is 29.6 Å². The van der Waals surface area contributed by atoms with Crippen LogP contribution < -0.4 is 4.74 Å². The van der Waals surface area contributed by atoms with Gasteiger partial charge in [0.2, 0.25) is 0 Å². The molecule has 1 heteroatoms. The molecule has 1 aromatic rings. The fourth-order valence-electron chi connectivity index (χ4n) is 5.09. The molecule has 1 nitrogen and oxygen atoms in total. The van der Waals surface area contributed by atoms with E-state index in [1.54, 1.807) is 0 Å². The molecule has 26 heavy (non-hydrogen) atoms. The lowest BCUT2D eigenvalue weighted by atomic mass is 9.69. The van der Waals surface area contributed by atoms with Gasteiger partial charge in [-0.2, -0.15) is 0 Å². The summed E-state index contributed by atoms with van der Waals surface area (Å²) in [6, 6.07) is 8.84. The van der Waals surface area contributed by atoms with Gasteiger partial charge in [0.1, 0.15) is 5.75 Å². The highest BCUT2D eigenvalue weighted by atomic mass is 16.5. The zero-order valence-electron chi connectivity index (χ0n) is 17.4. The maximum Gasteiger partial charge on any atom is 0.119 e. The number of rotatable bonds is 7. The first-order chi connectivity index (χ1) is 12.6. The summed E-state index contributed by atoms with van der Waals surface area (Å²) in [6.45, 7) is 7.63. The highest BCUT2D eigenvalue weighted by molar-refractivity contribution is 5.27. The highest BCUT2D eigenvalue weighted by Gasteiger charge is 2.29. The van der Waals surface area contributed by atoms with Crippen LogP contribution >= 0.6 is 0 Å². The second-order valence-electron chi connectivity index (χ2n) is 9.69. The Hall–Kier alpha value is -0.980. The topological polar surface area (TPSA) is 9.23 Å². The van der Waals surface area contributed by atoms with Gasteiger partial charge in [0.05, 0.1) is 6.61 Å². The van der Waals surface area contributed by atoms with E-state index in [0.29, 0.717) is 5.92 Å². The lowest BCUT2D eigenvalue weighted by molar-refractivity contribution is 0.148. The number of aryl methyl sites for hydroxylation is 1. The van der Waals surface area contributed by atoms with E-state index in [1.807, 2.05) is 0 Å². The van der Waals surface area contributed by atoms with Crippen LogP contribution in [0.1, 0.15) is 84.1 Å². The monoisotopic (exact) mass is 356 g/mol. The minimum atomic E-state index is 0.585. The Labute approximate surface area is 161 Å². The predicted octanol–water partition coefficient (Wildman–Crippen LogP) is 7.29. The van der Waals surface area contributed by atoms with E-state index < -0.39 is 0 Å². The molecule has 0 aromatic heterocycles. The molecule has 2 aliphatic carbocycles. The van der Waals surface area contributed by atoms with Crippen molar-refractivity contribution >= 4 is 0 Å². The Morgan fingerprint density at radius 2 is 1.42 bits per heavy atom. The van der Waals surface area contributed by atoms with Crippen molar-refractivity contribution in [1.29, 1.82) is 0 Å². The smallest absolute Gasteiger partial charge is 0.119 e. The molecule has 0 heterocycles. The summed E-state index contributed by atoms with van der Waals surface area (Å²) < 4.78 is 5.79. The van der Waals surface area contributed by atoms with Crippen molar-refractivity contribution in [2.45, 2.75) is 85.0 Å². The molecule has 2 fully saturated rings. The predicted molar refractivity (Wildman–Crippen MR) is 112 cm³/mol. The molecule has 2 aliphatic rings. The normalized spacial score (nSPS) is 29.7. The zero-order chi connectivity index (χ0) is 18.4. The van der Waals surface area contributed by atoms with Gasteiger partial charge in [0.15, 0.2) is 0 Å². The van der Waals surface area contributed by atoms with E-state index in [2.05, 4.69) is 45.0 Å².